The van der Waals surface area contributed by atoms with Gasteiger partial charge in [-0.05, 0) is 31.4 Å². The Morgan fingerprint density at radius 2 is 2.06 bits per heavy atom. The van der Waals surface area contributed by atoms with E-state index in [0.29, 0.717) is 18.3 Å². The van der Waals surface area contributed by atoms with Gasteiger partial charge in [0.25, 0.3) is 5.56 Å². The Balaban J connectivity index is 1.45. The lowest BCUT2D eigenvalue weighted by molar-refractivity contribution is 0.107. The number of alkyl halides is 1. The summed E-state index contributed by atoms with van der Waals surface area (Å²) in [6, 6.07) is 2.37. The number of aromatic hydroxyl groups is 1. The fourth-order valence-electron chi connectivity index (χ4n) is 4.91. The predicted octanol–water partition coefficient (Wildman–Crippen LogP) is 2.29. The Morgan fingerprint density at radius 1 is 1.25 bits per heavy atom. The number of nitrogens with zero attached hydrogens (tertiary/aromatic N) is 5. The third-order valence-corrected chi connectivity index (χ3v) is 6.70. The molecule has 0 radical (unpaired) electrons. The SMILES string of the molecule is CN(c1cnc(-c2cc3c(F)cn(C)c(=O)c3cc2O)nn1)C1CC2CCCC(N2)[C@@H]1F. The van der Waals surface area contributed by atoms with Gasteiger partial charge in [-0.3, -0.25) is 4.79 Å². The molecule has 0 amide bonds. The quantitative estimate of drug-likeness (QED) is 0.643. The predicted molar refractivity (Wildman–Crippen MR) is 116 cm³/mol. The van der Waals surface area contributed by atoms with E-state index in [0.717, 1.165) is 30.0 Å². The van der Waals surface area contributed by atoms with Crippen molar-refractivity contribution >= 4 is 16.6 Å². The van der Waals surface area contributed by atoms with Gasteiger partial charge in [0.05, 0.1) is 23.2 Å². The summed E-state index contributed by atoms with van der Waals surface area (Å²) < 4.78 is 30.6. The molecule has 3 unspecified atom stereocenters. The monoisotopic (exact) mass is 442 g/mol. The van der Waals surface area contributed by atoms with Crippen LogP contribution in [0.3, 0.4) is 0 Å². The minimum Gasteiger partial charge on any atom is -0.507 e. The molecule has 2 aliphatic rings. The molecule has 10 heteroatoms. The highest BCUT2D eigenvalue weighted by atomic mass is 19.1. The second-order valence-electron chi connectivity index (χ2n) is 8.71. The number of aryl methyl sites for hydroxylation is 1. The Labute approximate surface area is 182 Å². The number of fused-ring (bicyclic) bond motifs is 3. The second kappa shape index (κ2) is 7.77. The van der Waals surface area contributed by atoms with Crippen molar-refractivity contribution in [3.05, 3.63) is 40.7 Å². The first-order valence-corrected chi connectivity index (χ1v) is 10.7. The molecule has 0 aliphatic carbocycles. The van der Waals surface area contributed by atoms with Crippen molar-refractivity contribution in [3.63, 3.8) is 0 Å². The zero-order valence-electron chi connectivity index (χ0n) is 17.8. The molecule has 2 N–H and O–H groups in total. The summed E-state index contributed by atoms with van der Waals surface area (Å²) >= 11 is 0. The number of hydrogen-bond acceptors (Lipinski definition) is 7. The van der Waals surface area contributed by atoms with Gasteiger partial charge in [0.15, 0.2) is 11.6 Å². The highest BCUT2D eigenvalue weighted by Crippen LogP contribution is 2.33. The van der Waals surface area contributed by atoms with Crippen LogP contribution in [0.15, 0.2) is 29.3 Å². The number of rotatable bonds is 3. The minimum absolute atomic E-state index is 0.0588. The molecule has 4 heterocycles. The van der Waals surface area contributed by atoms with Crippen LogP contribution in [-0.2, 0) is 7.05 Å². The second-order valence-corrected chi connectivity index (χ2v) is 8.71. The standard InChI is InChI=1S/C22H24F2N6O2/c1-29-10-15(23)12-7-14(18(31)8-13(12)22(29)32)21-25-9-19(27-28-21)30(2)17-6-11-4-3-5-16(26-11)20(17)24/h7-11,16-17,20,26,31H,3-6H2,1-2H3/t11?,16?,17?,20-/m0/s1. The molecule has 5 rings (SSSR count). The zero-order valence-corrected chi connectivity index (χ0v) is 17.8. The lowest BCUT2D eigenvalue weighted by atomic mass is 9.82. The van der Waals surface area contributed by atoms with Crippen LogP contribution in [0.2, 0.25) is 0 Å². The van der Waals surface area contributed by atoms with Gasteiger partial charge in [-0.15, -0.1) is 10.2 Å². The van der Waals surface area contributed by atoms with Crippen molar-refractivity contribution in [1.82, 2.24) is 25.1 Å². The van der Waals surface area contributed by atoms with Crippen molar-refractivity contribution < 1.29 is 13.9 Å². The van der Waals surface area contributed by atoms with Gasteiger partial charge in [-0.25, -0.2) is 13.8 Å². The molecular weight excluding hydrogens is 418 g/mol. The van der Waals surface area contributed by atoms with E-state index in [1.165, 1.54) is 25.4 Å². The van der Waals surface area contributed by atoms with Gasteiger partial charge >= 0.3 is 0 Å². The first kappa shape index (κ1) is 20.7. The average molecular weight is 442 g/mol. The van der Waals surface area contributed by atoms with Gasteiger partial charge in [-0.2, -0.15) is 0 Å². The Morgan fingerprint density at radius 3 is 2.81 bits per heavy atom. The largest absolute Gasteiger partial charge is 0.507 e. The van der Waals surface area contributed by atoms with Crippen LogP contribution < -0.4 is 15.8 Å². The average Bonchev–Trinajstić information content (AvgIpc) is 2.79. The molecule has 2 saturated heterocycles. The van der Waals surface area contributed by atoms with Crippen molar-refractivity contribution in [2.75, 3.05) is 11.9 Å². The molecule has 2 fully saturated rings. The van der Waals surface area contributed by atoms with E-state index in [2.05, 4.69) is 20.5 Å². The first-order valence-electron chi connectivity index (χ1n) is 10.7. The smallest absolute Gasteiger partial charge is 0.258 e. The van der Waals surface area contributed by atoms with Gasteiger partial charge in [0.1, 0.15) is 17.7 Å². The number of aromatic nitrogens is 4. The highest BCUT2D eigenvalue weighted by Gasteiger charge is 2.42. The number of phenols is 1. The number of halogens is 2. The molecule has 2 aromatic heterocycles. The van der Waals surface area contributed by atoms with Crippen molar-refractivity contribution in [2.45, 2.75) is 50.0 Å². The summed E-state index contributed by atoms with van der Waals surface area (Å²) in [6.07, 6.45) is 5.12. The fourth-order valence-corrected chi connectivity index (χ4v) is 4.91. The summed E-state index contributed by atoms with van der Waals surface area (Å²) in [6.45, 7) is 0. The number of benzene rings is 1. The zero-order chi connectivity index (χ0) is 22.6. The van der Waals surface area contributed by atoms with Crippen LogP contribution in [0.25, 0.3) is 22.2 Å². The normalized spacial score (nSPS) is 25.1. The minimum atomic E-state index is -1.02. The van der Waals surface area contributed by atoms with E-state index in [9.17, 15) is 14.3 Å². The van der Waals surface area contributed by atoms with Crippen LogP contribution >= 0.6 is 0 Å². The third-order valence-electron chi connectivity index (χ3n) is 6.70. The van der Waals surface area contributed by atoms with Crippen LogP contribution in [0, 0.1) is 5.82 Å². The molecule has 32 heavy (non-hydrogen) atoms. The number of piperidine rings is 2. The molecule has 2 bridgehead atoms. The lowest BCUT2D eigenvalue weighted by Gasteiger charge is -2.45. The molecule has 0 saturated carbocycles. The molecule has 0 spiro atoms. The lowest BCUT2D eigenvalue weighted by Crippen LogP contribution is -2.61. The first-order chi connectivity index (χ1) is 15.3. The van der Waals surface area contributed by atoms with Crippen molar-refractivity contribution in [2.24, 2.45) is 7.05 Å². The summed E-state index contributed by atoms with van der Waals surface area (Å²) in [5.41, 5.74) is -0.266. The Hall–Kier alpha value is -3.14. The maximum absolute atomic E-state index is 15.0. The molecule has 1 aromatic carbocycles. The van der Waals surface area contributed by atoms with Gasteiger partial charge in [-0.1, -0.05) is 6.42 Å². The number of pyridine rings is 1. The van der Waals surface area contributed by atoms with Gasteiger partial charge < -0.3 is 19.9 Å². The number of nitrogens with one attached hydrogen (secondary N) is 1. The molecule has 168 valence electrons. The van der Waals surface area contributed by atoms with Crippen LogP contribution in [0.1, 0.15) is 25.7 Å². The fraction of sp³-hybridized carbons (Fsp3) is 0.455. The van der Waals surface area contributed by atoms with E-state index in [1.807, 2.05) is 0 Å². The van der Waals surface area contributed by atoms with Gasteiger partial charge in [0.2, 0.25) is 0 Å². The molecule has 8 nitrogen and oxygen atoms in total. The molecule has 3 aromatic rings. The number of hydrogen-bond donors (Lipinski definition) is 2. The molecule has 4 atom stereocenters. The summed E-state index contributed by atoms with van der Waals surface area (Å²) in [7, 11) is 3.22. The van der Waals surface area contributed by atoms with Crippen LogP contribution in [0.4, 0.5) is 14.6 Å². The highest BCUT2D eigenvalue weighted by molar-refractivity contribution is 5.89. The van der Waals surface area contributed by atoms with E-state index < -0.39 is 17.5 Å². The van der Waals surface area contributed by atoms with Crippen LogP contribution in [0.5, 0.6) is 5.75 Å². The maximum atomic E-state index is 15.0. The Kier molecular flexibility index (Phi) is 5.04. The van der Waals surface area contributed by atoms with E-state index >= 15 is 4.39 Å². The third kappa shape index (κ3) is 3.38. The van der Waals surface area contributed by atoms with Crippen molar-refractivity contribution in [3.8, 4) is 17.1 Å². The topological polar surface area (TPSA) is 96.2 Å². The molecular formula is C22H24F2N6O2. The summed E-state index contributed by atoms with van der Waals surface area (Å²) in [5.74, 6) is -0.349. The molecule has 2 aliphatic heterocycles. The van der Waals surface area contributed by atoms with Gasteiger partial charge in [0, 0.05) is 37.8 Å². The maximum Gasteiger partial charge on any atom is 0.258 e. The van der Waals surface area contributed by atoms with E-state index in [1.54, 1.807) is 11.9 Å². The number of anilines is 1. The van der Waals surface area contributed by atoms with E-state index in [-0.39, 0.29) is 40.0 Å². The summed E-state index contributed by atoms with van der Waals surface area (Å²) in [4.78, 5) is 18.3. The van der Waals surface area contributed by atoms with Crippen LogP contribution in [-0.4, -0.2) is 56.2 Å². The Bertz CT molecular complexity index is 1230. The number of phenolic OH excluding ortho intramolecular Hbond substituents is 1. The van der Waals surface area contributed by atoms with Crippen molar-refractivity contribution in [1.29, 1.82) is 0 Å². The summed E-state index contributed by atoms with van der Waals surface area (Å²) in [5, 5.41) is 22.2. The van der Waals surface area contributed by atoms with E-state index in [4.69, 9.17) is 0 Å².